The molecule has 0 saturated heterocycles. The summed E-state index contributed by atoms with van der Waals surface area (Å²) in [5.41, 5.74) is -6.63. The van der Waals surface area contributed by atoms with Gasteiger partial charge in [-0.05, 0) is 35.2 Å². The predicted molar refractivity (Wildman–Crippen MR) is 114 cm³/mol. The summed E-state index contributed by atoms with van der Waals surface area (Å²) in [6.07, 6.45) is -8.77. The average Bonchev–Trinajstić information content (AvgIpc) is 3.31. The maximum absolute atomic E-state index is 14.7. The molecule has 3 atom stereocenters. The molecule has 0 aromatic heterocycles. The minimum atomic E-state index is -5.25. The van der Waals surface area contributed by atoms with Gasteiger partial charge in [0, 0.05) is 0 Å². The molecule has 0 radical (unpaired) electrons. The Bertz CT molecular complexity index is 1090. The first-order valence-corrected chi connectivity index (χ1v) is 10.7. The summed E-state index contributed by atoms with van der Waals surface area (Å²) in [4.78, 5) is 12.9. The number of hydrogen-bond acceptors (Lipinski definition) is 4. The lowest BCUT2D eigenvalue weighted by Crippen LogP contribution is -2.38. The number of carbonyl (C=O) groups excluding carboxylic acids is 1. The topological polar surface area (TPSA) is 44.8 Å². The van der Waals surface area contributed by atoms with Crippen molar-refractivity contribution in [1.82, 2.24) is 0 Å². The summed E-state index contributed by atoms with van der Waals surface area (Å²) >= 11 is 4.94. The quantitative estimate of drug-likeness (QED) is 0.151. The lowest BCUT2D eigenvalue weighted by molar-refractivity contribution is -0.316. The molecule has 1 aliphatic carbocycles. The zero-order valence-corrected chi connectivity index (χ0v) is 19.3. The molecule has 35 heavy (non-hydrogen) atoms. The molecular formula is C24H21ClF6O4. The molecule has 0 amide bonds. The SMILES string of the molecule is C=CC1(C(=O)OCc2ccc(F)c(Oc3ccccc3)c2)C(C(F)(F)OC(Cl)C(F)(F)F)C1(C)C. The Morgan fingerprint density at radius 1 is 1.14 bits per heavy atom. The lowest BCUT2D eigenvalue weighted by atomic mass is 9.96. The molecule has 3 rings (SSSR count). The lowest BCUT2D eigenvalue weighted by Gasteiger charge is -2.23. The molecule has 3 unspecified atom stereocenters. The van der Waals surface area contributed by atoms with Crippen molar-refractivity contribution < 1.29 is 45.3 Å². The number of rotatable bonds is 9. The van der Waals surface area contributed by atoms with E-state index in [1.54, 1.807) is 30.3 Å². The molecule has 0 bridgehead atoms. The minimum absolute atomic E-state index is 0.159. The van der Waals surface area contributed by atoms with Crippen LogP contribution in [0.25, 0.3) is 0 Å². The third-order valence-electron chi connectivity index (χ3n) is 6.01. The fourth-order valence-corrected chi connectivity index (χ4v) is 4.32. The van der Waals surface area contributed by atoms with Crippen molar-refractivity contribution in [2.75, 3.05) is 0 Å². The van der Waals surface area contributed by atoms with Gasteiger partial charge in [-0.2, -0.15) is 22.0 Å². The van der Waals surface area contributed by atoms with Crippen LogP contribution in [0.4, 0.5) is 26.3 Å². The molecule has 0 heterocycles. The van der Waals surface area contributed by atoms with Crippen LogP contribution in [-0.2, 0) is 20.9 Å². The predicted octanol–water partition coefficient (Wildman–Crippen LogP) is 7.23. The maximum atomic E-state index is 14.7. The molecule has 2 aromatic rings. The monoisotopic (exact) mass is 522 g/mol. The standard InChI is InChI=1S/C24H21ClF6O4/c1-4-22(18(21(22,2)3)24(30,31)35-19(25)23(27,28)29)20(32)33-13-14-10-11-16(26)17(12-14)34-15-8-6-5-7-9-15/h4-12,18-19H,1,13H2,2-3H3. The average molecular weight is 523 g/mol. The van der Waals surface area contributed by atoms with Crippen LogP contribution in [0.15, 0.2) is 61.2 Å². The first kappa shape index (κ1) is 26.9. The van der Waals surface area contributed by atoms with Gasteiger partial charge >= 0.3 is 18.3 Å². The van der Waals surface area contributed by atoms with E-state index in [2.05, 4.69) is 11.3 Å². The van der Waals surface area contributed by atoms with Gasteiger partial charge in [-0.15, -0.1) is 6.58 Å². The highest BCUT2D eigenvalue weighted by Crippen LogP contribution is 2.75. The highest BCUT2D eigenvalue weighted by Gasteiger charge is 2.83. The number of alkyl halides is 6. The van der Waals surface area contributed by atoms with E-state index in [0.29, 0.717) is 5.75 Å². The number of hydrogen-bond donors (Lipinski definition) is 0. The highest BCUT2D eigenvalue weighted by molar-refractivity contribution is 6.20. The third kappa shape index (κ3) is 5.13. The zero-order valence-electron chi connectivity index (χ0n) is 18.5. The van der Waals surface area contributed by atoms with E-state index in [1.165, 1.54) is 26.0 Å². The molecule has 2 aromatic carbocycles. The Morgan fingerprint density at radius 3 is 2.34 bits per heavy atom. The van der Waals surface area contributed by atoms with Crippen molar-refractivity contribution in [3.8, 4) is 11.5 Å². The molecule has 1 saturated carbocycles. The van der Waals surface area contributed by atoms with Gasteiger partial charge in [0.2, 0.25) is 5.56 Å². The molecule has 1 fully saturated rings. The van der Waals surface area contributed by atoms with E-state index >= 15 is 0 Å². The second-order valence-electron chi connectivity index (χ2n) is 8.52. The highest BCUT2D eigenvalue weighted by atomic mass is 35.5. The molecule has 11 heteroatoms. The number of benzene rings is 2. The van der Waals surface area contributed by atoms with Crippen molar-refractivity contribution >= 4 is 17.6 Å². The van der Waals surface area contributed by atoms with Crippen LogP contribution in [0, 0.1) is 22.6 Å². The van der Waals surface area contributed by atoms with E-state index in [9.17, 15) is 31.1 Å². The van der Waals surface area contributed by atoms with Crippen LogP contribution in [0.3, 0.4) is 0 Å². The molecule has 0 N–H and O–H groups in total. The smallest absolute Gasteiger partial charge is 0.428 e. The number of halogens is 7. The third-order valence-corrected chi connectivity index (χ3v) is 6.35. The summed E-state index contributed by atoms with van der Waals surface area (Å²) in [6.45, 7) is 5.46. The minimum Gasteiger partial charge on any atom is -0.460 e. The Labute approximate surface area is 202 Å². The zero-order chi connectivity index (χ0) is 26.2. The van der Waals surface area contributed by atoms with Gasteiger partial charge in [-0.3, -0.25) is 9.53 Å². The van der Waals surface area contributed by atoms with E-state index in [-0.39, 0.29) is 11.3 Å². The van der Waals surface area contributed by atoms with Gasteiger partial charge in [-0.25, -0.2) is 4.39 Å². The van der Waals surface area contributed by atoms with Crippen LogP contribution < -0.4 is 4.74 Å². The summed E-state index contributed by atoms with van der Waals surface area (Å²) in [6, 6.07) is 12.0. The molecule has 0 spiro atoms. The molecule has 4 nitrogen and oxygen atoms in total. The Morgan fingerprint density at radius 2 is 1.77 bits per heavy atom. The van der Waals surface area contributed by atoms with Crippen LogP contribution in [-0.4, -0.2) is 23.8 Å². The molecular weight excluding hydrogens is 502 g/mol. The first-order valence-electron chi connectivity index (χ1n) is 10.3. The maximum Gasteiger partial charge on any atom is 0.428 e. The van der Waals surface area contributed by atoms with Crippen LogP contribution in [0.1, 0.15) is 19.4 Å². The van der Waals surface area contributed by atoms with Gasteiger partial charge in [0.05, 0.1) is 5.92 Å². The summed E-state index contributed by atoms with van der Waals surface area (Å²) in [7, 11) is 0. The van der Waals surface area contributed by atoms with E-state index in [0.717, 1.165) is 12.1 Å². The molecule has 0 aliphatic heterocycles. The van der Waals surface area contributed by atoms with Crippen molar-refractivity contribution in [2.24, 2.45) is 16.7 Å². The molecule has 1 aliphatic rings. The van der Waals surface area contributed by atoms with E-state index in [1.807, 2.05) is 0 Å². The fraction of sp³-hybridized carbons (Fsp3) is 0.375. The van der Waals surface area contributed by atoms with Crippen LogP contribution in [0.5, 0.6) is 11.5 Å². The number of esters is 1. The largest absolute Gasteiger partial charge is 0.460 e. The summed E-state index contributed by atoms with van der Waals surface area (Å²) < 4.78 is 95.9. The van der Waals surface area contributed by atoms with Gasteiger partial charge in [0.25, 0.3) is 0 Å². The van der Waals surface area contributed by atoms with Gasteiger partial charge in [-0.1, -0.05) is 55.8 Å². The van der Waals surface area contributed by atoms with Gasteiger partial charge in [0.1, 0.15) is 17.8 Å². The van der Waals surface area contributed by atoms with E-state index in [4.69, 9.17) is 21.1 Å². The Kier molecular flexibility index (Phi) is 7.21. The number of para-hydroxylation sites is 1. The van der Waals surface area contributed by atoms with Crippen LogP contribution >= 0.6 is 11.6 Å². The summed E-state index contributed by atoms with van der Waals surface area (Å²) in [5, 5.41) is 0. The number of ether oxygens (including phenoxy) is 3. The number of carbonyl (C=O) groups is 1. The van der Waals surface area contributed by atoms with Gasteiger partial charge in [0.15, 0.2) is 11.6 Å². The second kappa shape index (κ2) is 9.39. The first-order chi connectivity index (χ1) is 16.2. The Hall–Kier alpha value is -2.72. The van der Waals surface area contributed by atoms with Crippen molar-refractivity contribution in [3.05, 3.63) is 72.6 Å². The second-order valence-corrected chi connectivity index (χ2v) is 8.92. The summed E-state index contributed by atoms with van der Waals surface area (Å²) in [5.74, 6) is -3.67. The van der Waals surface area contributed by atoms with Crippen molar-refractivity contribution in [1.29, 1.82) is 0 Å². The Balaban J connectivity index is 1.75. The molecule has 190 valence electrons. The van der Waals surface area contributed by atoms with Crippen molar-refractivity contribution in [3.63, 3.8) is 0 Å². The van der Waals surface area contributed by atoms with Crippen molar-refractivity contribution in [2.45, 2.75) is 38.3 Å². The van der Waals surface area contributed by atoms with Crippen LogP contribution in [0.2, 0.25) is 0 Å². The fourth-order valence-electron chi connectivity index (χ4n) is 4.20. The van der Waals surface area contributed by atoms with E-state index < -0.39 is 53.0 Å². The normalized spacial score (nSPS) is 22.3. The van der Waals surface area contributed by atoms with Gasteiger partial charge < -0.3 is 9.47 Å².